The number of amides is 2. The lowest BCUT2D eigenvalue weighted by Gasteiger charge is -2.09. The average Bonchev–Trinajstić information content (AvgIpc) is 2.65. The maximum atomic E-state index is 12.1. The predicted octanol–water partition coefficient (Wildman–Crippen LogP) is 2.81. The third-order valence-electron chi connectivity index (χ3n) is 3.52. The highest BCUT2D eigenvalue weighted by atomic mass is 35.5. The molecule has 0 aliphatic heterocycles. The van der Waals surface area contributed by atoms with Crippen LogP contribution < -0.4 is 15.4 Å². The van der Waals surface area contributed by atoms with Gasteiger partial charge in [0, 0.05) is 35.3 Å². The summed E-state index contributed by atoms with van der Waals surface area (Å²) in [6.45, 7) is 2.36. The van der Waals surface area contributed by atoms with E-state index in [1.165, 1.54) is 12.1 Å². The van der Waals surface area contributed by atoms with Gasteiger partial charge in [0.05, 0.1) is 11.5 Å². The van der Waals surface area contributed by atoms with Crippen LogP contribution in [-0.4, -0.2) is 36.4 Å². The number of nitrogens with zero attached hydrogens (tertiary/aromatic N) is 1. The summed E-state index contributed by atoms with van der Waals surface area (Å²) in [7, 11) is 0. The summed E-state index contributed by atoms with van der Waals surface area (Å²) in [4.78, 5) is 34.6. The van der Waals surface area contributed by atoms with Crippen LogP contribution in [0.25, 0.3) is 0 Å². The first kappa shape index (κ1) is 20.2. The number of ether oxygens (including phenoxy) is 1. The molecule has 0 unspecified atom stereocenters. The van der Waals surface area contributed by atoms with Crippen LogP contribution in [0.5, 0.6) is 5.75 Å². The molecule has 0 aromatic heterocycles. The zero-order valence-electron chi connectivity index (χ0n) is 14.5. The molecule has 0 radical (unpaired) electrons. The van der Waals surface area contributed by atoms with Crippen molar-refractivity contribution in [3.05, 3.63) is 68.7 Å². The molecule has 2 aromatic carbocycles. The normalized spacial score (nSPS) is 10.1. The third kappa shape index (κ3) is 5.68. The quantitative estimate of drug-likeness (QED) is 0.408. The summed E-state index contributed by atoms with van der Waals surface area (Å²) in [6.07, 6.45) is 0. The molecule has 0 atom stereocenters. The number of nitro benzene ring substituents is 1. The molecule has 2 amide bonds. The first-order valence-electron chi connectivity index (χ1n) is 8.15. The van der Waals surface area contributed by atoms with Crippen molar-refractivity contribution in [2.24, 2.45) is 0 Å². The summed E-state index contributed by atoms with van der Waals surface area (Å²) in [6, 6.07) is 10.4. The van der Waals surface area contributed by atoms with Gasteiger partial charge in [-0.15, -0.1) is 0 Å². The molecule has 0 fully saturated rings. The molecule has 0 spiro atoms. The Morgan fingerprint density at radius 3 is 2.15 bits per heavy atom. The van der Waals surface area contributed by atoms with Crippen LogP contribution in [0.2, 0.25) is 5.02 Å². The van der Waals surface area contributed by atoms with Gasteiger partial charge in [0.25, 0.3) is 11.8 Å². The van der Waals surface area contributed by atoms with Crippen LogP contribution in [0.1, 0.15) is 27.6 Å². The summed E-state index contributed by atoms with van der Waals surface area (Å²) in [5.74, 6) is -0.672. The summed E-state index contributed by atoms with van der Waals surface area (Å²) >= 11 is 5.76. The van der Waals surface area contributed by atoms with Crippen molar-refractivity contribution in [2.45, 2.75) is 6.92 Å². The Labute approximate surface area is 160 Å². The fourth-order valence-electron chi connectivity index (χ4n) is 2.24. The van der Waals surface area contributed by atoms with Gasteiger partial charge in [0.1, 0.15) is 0 Å². The number of benzene rings is 2. The molecule has 0 aliphatic carbocycles. The number of carbonyl (C=O) groups is 2. The van der Waals surface area contributed by atoms with Crippen LogP contribution in [0.3, 0.4) is 0 Å². The summed E-state index contributed by atoms with van der Waals surface area (Å²) < 4.78 is 5.18. The van der Waals surface area contributed by atoms with Crippen molar-refractivity contribution in [1.29, 1.82) is 0 Å². The number of nitro groups is 1. The van der Waals surface area contributed by atoms with Crippen molar-refractivity contribution in [3.8, 4) is 5.75 Å². The molecule has 0 saturated carbocycles. The first-order valence-corrected chi connectivity index (χ1v) is 8.53. The molecule has 2 aromatic rings. The van der Waals surface area contributed by atoms with Gasteiger partial charge in [0.2, 0.25) is 0 Å². The minimum atomic E-state index is -0.603. The second-order valence-electron chi connectivity index (χ2n) is 5.39. The lowest BCUT2D eigenvalue weighted by atomic mass is 10.1. The summed E-state index contributed by atoms with van der Waals surface area (Å²) in [5, 5.41) is 16.9. The molecule has 2 N–H and O–H groups in total. The Morgan fingerprint density at radius 2 is 1.59 bits per heavy atom. The molecule has 27 heavy (non-hydrogen) atoms. The topological polar surface area (TPSA) is 111 Å². The van der Waals surface area contributed by atoms with E-state index in [0.29, 0.717) is 10.6 Å². The maximum absolute atomic E-state index is 12.1. The van der Waals surface area contributed by atoms with Gasteiger partial charge in [-0.05, 0) is 43.3 Å². The smallest absolute Gasteiger partial charge is 0.311 e. The van der Waals surface area contributed by atoms with Crippen molar-refractivity contribution < 1.29 is 19.2 Å². The number of hydrogen-bond donors (Lipinski definition) is 2. The molecule has 0 aliphatic rings. The Kier molecular flexibility index (Phi) is 7.13. The van der Waals surface area contributed by atoms with E-state index < -0.39 is 10.8 Å². The standard InChI is InChI=1S/C18H18ClN3O5/c1-2-27-16-8-5-13(11-15(16)22(25)26)18(24)21-10-9-20-17(23)12-3-6-14(19)7-4-12/h3-8,11H,2,9-10H2,1H3,(H,20,23)(H,21,24). The lowest BCUT2D eigenvalue weighted by molar-refractivity contribution is -0.385. The number of nitrogens with one attached hydrogen (secondary N) is 2. The second-order valence-corrected chi connectivity index (χ2v) is 5.83. The van der Waals surface area contributed by atoms with E-state index in [4.69, 9.17) is 16.3 Å². The average molecular weight is 392 g/mol. The van der Waals surface area contributed by atoms with Gasteiger partial charge in [-0.2, -0.15) is 0 Å². The third-order valence-corrected chi connectivity index (χ3v) is 3.77. The van der Waals surface area contributed by atoms with Crippen LogP contribution in [0.4, 0.5) is 5.69 Å². The largest absolute Gasteiger partial charge is 0.487 e. The fraction of sp³-hybridized carbons (Fsp3) is 0.222. The van der Waals surface area contributed by atoms with E-state index in [9.17, 15) is 19.7 Å². The molecule has 0 bridgehead atoms. The molecule has 8 nitrogen and oxygen atoms in total. The number of carbonyl (C=O) groups excluding carboxylic acids is 2. The SMILES string of the molecule is CCOc1ccc(C(=O)NCCNC(=O)c2ccc(Cl)cc2)cc1[N+](=O)[O-]. The van der Waals surface area contributed by atoms with Crippen LogP contribution in [0, 0.1) is 10.1 Å². The highest BCUT2D eigenvalue weighted by Crippen LogP contribution is 2.27. The van der Waals surface area contributed by atoms with E-state index >= 15 is 0 Å². The molecular formula is C18H18ClN3O5. The zero-order valence-corrected chi connectivity index (χ0v) is 15.3. The second kappa shape index (κ2) is 9.54. The Bertz CT molecular complexity index is 839. The van der Waals surface area contributed by atoms with Crippen molar-refractivity contribution in [3.63, 3.8) is 0 Å². The van der Waals surface area contributed by atoms with Gasteiger partial charge >= 0.3 is 5.69 Å². The van der Waals surface area contributed by atoms with Crippen LogP contribution in [0.15, 0.2) is 42.5 Å². The van der Waals surface area contributed by atoms with Gasteiger partial charge in [-0.1, -0.05) is 11.6 Å². The van der Waals surface area contributed by atoms with Gasteiger partial charge in [-0.25, -0.2) is 0 Å². The van der Waals surface area contributed by atoms with Gasteiger partial charge in [0.15, 0.2) is 5.75 Å². The first-order chi connectivity index (χ1) is 12.9. The van der Waals surface area contributed by atoms with E-state index in [1.807, 2.05) is 0 Å². The fourth-order valence-corrected chi connectivity index (χ4v) is 2.36. The highest BCUT2D eigenvalue weighted by Gasteiger charge is 2.18. The van der Waals surface area contributed by atoms with Crippen LogP contribution >= 0.6 is 11.6 Å². The predicted molar refractivity (Wildman–Crippen MR) is 100 cm³/mol. The number of rotatable bonds is 8. The van der Waals surface area contributed by atoms with E-state index in [2.05, 4.69) is 10.6 Å². The molecular weight excluding hydrogens is 374 g/mol. The van der Waals surface area contributed by atoms with Crippen molar-refractivity contribution in [1.82, 2.24) is 10.6 Å². The number of halogens is 1. The monoisotopic (exact) mass is 391 g/mol. The molecule has 0 saturated heterocycles. The minimum Gasteiger partial charge on any atom is -0.487 e. The van der Waals surface area contributed by atoms with E-state index in [1.54, 1.807) is 31.2 Å². The maximum Gasteiger partial charge on any atom is 0.311 e. The minimum absolute atomic E-state index is 0.106. The Morgan fingerprint density at radius 1 is 1.04 bits per heavy atom. The van der Waals surface area contributed by atoms with Crippen molar-refractivity contribution in [2.75, 3.05) is 19.7 Å². The van der Waals surface area contributed by atoms with E-state index in [0.717, 1.165) is 6.07 Å². The van der Waals surface area contributed by atoms with Crippen molar-refractivity contribution >= 4 is 29.1 Å². The molecule has 2 rings (SSSR count). The summed E-state index contributed by atoms with van der Waals surface area (Å²) in [5.41, 5.74) is 0.308. The van der Waals surface area contributed by atoms with E-state index in [-0.39, 0.29) is 42.6 Å². The van der Waals surface area contributed by atoms with Gasteiger partial charge < -0.3 is 15.4 Å². The Hall–Kier alpha value is -3.13. The Balaban J connectivity index is 1.88. The molecule has 142 valence electrons. The zero-order chi connectivity index (χ0) is 19.8. The molecule has 0 heterocycles. The molecule has 9 heteroatoms. The lowest BCUT2D eigenvalue weighted by Crippen LogP contribution is -2.34. The highest BCUT2D eigenvalue weighted by molar-refractivity contribution is 6.30. The van der Waals surface area contributed by atoms with Gasteiger partial charge in [-0.3, -0.25) is 19.7 Å². The number of hydrogen-bond acceptors (Lipinski definition) is 5. The van der Waals surface area contributed by atoms with Crippen LogP contribution in [-0.2, 0) is 0 Å².